The van der Waals surface area contributed by atoms with E-state index in [2.05, 4.69) is 17.1 Å². The second-order valence-corrected chi connectivity index (χ2v) is 3.49. The molecule has 66 valence electrons. The fourth-order valence-corrected chi connectivity index (χ4v) is 1.56. The standard InChI is InChI=1S/C8H18N2O/c1-3-9-6-8(11)4-5-10(2)7-8/h9,11H,3-7H2,1-2H3. The molecule has 1 unspecified atom stereocenters. The van der Waals surface area contributed by atoms with Crippen molar-refractivity contribution in [1.82, 2.24) is 10.2 Å². The maximum absolute atomic E-state index is 9.89. The molecule has 1 rings (SSSR count). The zero-order chi connectivity index (χ0) is 8.32. The summed E-state index contributed by atoms with van der Waals surface area (Å²) in [4.78, 5) is 2.16. The van der Waals surface area contributed by atoms with Gasteiger partial charge in [0.1, 0.15) is 0 Å². The van der Waals surface area contributed by atoms with Gasteiger partial charge in [0.2, 0.25) is 0 Å². The second kappa shape index (κ2) is 3.52. The highest BCUT2D eigenvalue weighted by Gasteiger charge is 2.33. The molecule has 0 radical (unpaired) electrons. The molecule has 0 aromatic heterocycles. The van der Waals surface area contributed by atoms with Crippen molar-refractivity contribution in [2.45, 2.75) is 18.9 Å². The Hall–Kier alpha value is -0.120. The predicted molar refractivity (Wildman–Crippen MR) is 45.6 cm³/mol. The van der Waals surface area contributed by atoms with E-state index in [1.807, 2.05) is 7.05 Å². The van der Waals surface area contributed by atoms with Crippen molar-refractivity contribution in [2.24, 2.45) is 0 Å². The van der Waals surface area contributed by atoms with Crippen molar-refractivity contribution in [1.29, 1.82) is 0 Å². The first kappa shape index (κ1) is 8.97. The molecule has 1 aliphatic rings. The summed E-state index contributed by atoms with van der Waals surface area (Å²) in [5.41, 5.74) is -0.467. The number of nitrogens with zero attached hydrogens (tertiary/aromatic N) is 1. The molecule has 1 saturated heterocycles. The van der Waals surface area contributed by atoms with Gasteiger partial charge in [-0.3, -0.25) is 0 Å². The Morgan fingerprint density at radius 1 is 1.64 bits per heavy atom. The Morgan fingerprint density at radius 3 is 2.82 bits per heavy atom. The van der Waals surface area contributed by atoms with E-state index in [1.54, 1.807) is 0 Å². The van der Waals surface area contributed by atoms with Crippen molar-refractivity contribution in [2.75, 3.05) is 33.2 Å². The Kier molecular flexibility index (Phi) is 2.87. The van der Waals surface area contributed by atoms with Gasteiger partial charge >= 0.3 is 0 Å². The molecule has 1 aliphatic heterocycles. The lowest BCUT2D eigenvalue weighted by molar-refractivity contribution is 0.0524. The molecular weight excluding hydrogens is 140 g/mol. The van der Waals surface area contributed by atoms with Crippen LogP contribution in [0.2, 0.25) is 0 Å². The summed E-state index contributed by atoms with van der Waals surface area (Å²) < 4.78 is 0. The molecule has 0 aromatic rings. The number of β-amino-alcohol motifs (C(OH)–C–C–N with tert-alkyl or cyclic N) is 1. The Morgan fingerprint density at radius 2 is 2.36 bits per heavy atom. The largest absolute Gasteiger partial charge is 0.387 e. The average molecular weight is 158 g/mol. The van der Waals surface area contributed by atoms with Crippen LogP contribution in [-0.2, 0) is 0 Å². The number of rotatable bonds is 3. The van der Waals surface area contributed by atoms with Gasteiger partial charge < -0.3 is 15.3 Å². The topological polar surface area (TPSA) is 35.5 Å². The monoisotopic (exact) mass is 158 g/mol. The normalized spacial score (nSPS) is 33.0. The number of hydrogen-bond acceptors (Lipinski definition) is 3. The quantitative estimate of drug-likeness (QED) is 0.590. The van der Waals surface area contributed by atoms with Gasteiger partial charge in [-0.1, -0.05) is 6.92 Å². The van der Waals surface area contributed by atoms with Gasteiger partial charge in [0.15, 0.2) is 0 Å². The minimum absolute atomic E-state index is 0.467. The van der Waals surface area contributed by atoms with Gasteiger partial charge in [-0.15, -0.1) is 0 Å². The van der Waals surface area contributed by atoms with Crippen LogP contribution in [0.5, 0.6) is 0 Å². The molecule has 0 aromatic carbocycles. The van der Waals surface area contributed by atoms with Crippen molar-refractivity contribution >= 4 is 0 Å². The lowest BCUT2D eigenvalue weighted by Gasteiger charge is -2.22. The van der Waals surface area contributed by atoms with Crippen LogP contribution in [-0.4, -0.2) is 48.8 Å². The van der Waals surface area contributed by atoms with Crippen LogP contribution >= 0.6 is 0 Å². The third kappa shape index (κ3) is 2.43. The molecule has 1 heterocycles. The maximum Gasteiger partial charge on any atom is 0.0909 e. The Balaban J connectivity index is 2.29. The second-order valence-electron chi connectivity index (χ2n) is 3.49. The lowest BCUT2D eigenvalue weighted by atomic mass is 10.0. The first-order chi connectivity index (χ1) is 5.16. The molecule has 1 atom stereocenters. The smallest absolute Gasteiger partial charge is 0.0909 e. The highest BCUT2D eigenvalue weighted by Crippen LogP contribution is 2.18. The number of nitrogens with one attached hydrogen (secondary N) is 1. The first-order valence-corrected chi connectivity index (χ1v) is 4.28. The van der Waals surface area contributed by atoms with Gasteiger partial charge in [-0.05, 0) is 20.0 Å². The summed E-state index contributed by atoms with van der Waals surface area (Å²) in [7, 11) is 2.05. The summed E-state index contributed by atoms with van der Waals surface area (Å²) >= 11 is 0. The van der Waals surface area contributed by atoms with Crippen LogP contribution in [0.1, 0.15) is 13.3 Å². The van der Waals surface area contributed by atoms with Gasteiger partial charge in [0.25, 0.3) is 0 Å². The van der Waals surface area contributed by atoms with Crippen molar-refractivity contribution < 1.29 is 5.11 Å². The van der Waals surface area contributed by atoms with Crippen molar-refractivity contribution in [3.05, 3.63) is 0 Å². The molecular formula is C8H18N2O. The third-order valence-electron chi connectivity index (χ3n) is 2.23. The molecule has 3 nitrogen and oxygen atoms in total. The molecule has 1 fully saturated rings. The van der Waals surface area contributed by atoms with Crippen molar-refractivity contribution in [3.63, 3.8) is 0 Å². The average Bonchev–Trinajstić information content (AvgIpc) is 2.28. The van der Waals surface area contributed by atoms with Gasteiger partial charge in [0.05, 0.1) is 5.60 Å². The number of aliphatic hydroxyl groups is 1. The molecule has 0 bridgehead atoms. The number of likely N-dealkylation sites (tertiary alicyclic amines) is 1. The van der Waals surface area contributed by atoms with Crippen molar-refractivity contribution in [3.8, 4) is 0 Å². The van der Waals surface area contributed by atoms with E-state index < -0.39 is 5.60 Å². The summed E-state index contributed by atoms with van der Waals surface area (Å²) in [5, 5.41) is 13.1. The molecule has 2 N–H and O–H groups in total. The molecule has 0 amide bonds. The molecule has 0 saturated carbocycles. The minimum atomic E-state index is -0.467. The van der Waals surface area contributed by atoms with Crippen LogP contribution < -0.4 is 5.32 Å². The first-order valence-electron chi connectivity index (χ1n) is 4.28. The fourth-order valence-electron chi connectivity index (χ4n) is 1.56. The SMILES string of the molecule is CCNCC1(O)CCN(C)C1. The van der Waals surface area contributed by atoms with E-state index in [4.69, 9.17) is 0 Å². The highest BCUT2D eigenvalue weighted by atomic mass is 16.3. The summed E-state index contributed by atoms with van der Waals surface area (Å²) in [5.74, 6) is 0. The number of likely N-dealkylation sites (N-methyl/N-ethyl adjacent to an activating group) is 2. The zero-order valence-electron chi connectivity index (χ0n) is 7.43. The van der Waals surface area contributed by atoms with E-state index in [1.165, 1.54) is 0 Å². The molecule has 0 spiro atoms. The third-order valence-corrected chi connectivity index (χ3v) is 2.23. The number of hydrogen-bond donors (Lipinski definition) is 2. The van der Waals surface area contributed by atoms with E-state index in [0.29, 0.717) is 0 Å². The van der Waals surface area contributed by atoms with E-state index in [-0.39, 0.29) is 0 Å². The van der Waals surface area contributed by atoms with Crippen LogP contribution in [0.3, 0.4) is 0 Å². The zero-order valence-corrected chi connectivity index (χ0v) is 7.43. The lowest BCUT2D eigenvalue weighted by Crippen LogP contribution is -2.42. The summed E-state index contributed by atoms with van der Waals surface area (Å²) in [6.45, 7) is 5.55. The van der Waals surface area contributed by atoms with Crippen LogP contribution in [0.15, 0.2) is 0 Å². The Bertz CT molecular complexity index is 129. The minimum Gasteiger partial charge on any atom is -0.387 e. The van der Waals surface area contributed by atoms with Crippen LogP contribution in [0, 0.1) is 0 Å². The van der Waals surface area contributed by atoms with Gasteiger partial charge in [-0.25, -0.2) is 0 Å². The van der Waals surface area contributed by atoms with Gasteiger partial charge in [-0.2, -0.15) is 0 Å². The summed E-state index contributed by atoms with van der Waals surface area (Å²) in [6.07, 6.45) is 0.899. The highest BCUT2D eigenvalue weighted by molar-refractivity contribution is 4.90. The van der Waals surface area contributed by atoms with E-state index in [0.717, 1.165) is 32.6 Å². The molecule has 3 heteroatoms. The maximum atomic E-state index is 9.89. The van der Waals surface area contributed by atoms with E-state index in [9.17, 15) is 5.11 Å². The van der Waals surface area contributed by atoms with Crippen LogP contribution in [0.25, 0.3) is 0 Å². The Labute approximate surface area is 68.4 Å². The summed E-state index contributed by atoms with van der Waals surface area (Å²) in [6, 6.07) is 0. The van der Waals surface area contributed by atoms with E-state index >= 15 is 0 Å². The predicted octanol–water partition coefficient (Wildman–Crippen LogP) is -0.337. The van der Waals surface area contributed by atoms with Crippen LogP contribution in [0.4, 0.5) is 0 Å². The fraction of sp³-hybridized carbons (Fsp3) is 1.00. The molecule has 11 heavy (non-hydrogen) atoms. The van der Waals surface area contributed by atoms with Gasteiger partial charge in [0, 0.05) is 19.6 Å². The molecule has 0 aliphatic carbocycles.